The summed E-state index contributed by atoms with van der Waals surface area (Å²) in [5.74, 6) is 0.250. The van der Waals surface area contributed by atoms with E-state index in [9.17, 15) is 4.79 Å². The van der Waals surface area contributed by atoms with E-state index in [1.807, 2.05) is 24.3 Å². The number of carbonyl (C=O) groups is 1. The van der Waals surface area contributed by atoms with Crippen molar-refractivity contribution in [3.8, 4) is 11.5 Å². The second-order valence-electron chi connectivity index (χ2n) is 7.35. The van der Waals surface area contributed by atoms with E-state index in [4.69, 9.17) is 9.40 Å². The molecule has 10 nitrogen and oxygen atoms in total. The molecule has 10 heteroatoms. The number of imidazole rings is 1. The number of nitrogens with one attached hydrogen (secondary N) is 1. The van der Waals surface area contributed by atoms with Gasteiger partial charge in [-0.15, -0.1) is 10.2 Å². The van der Waals surface area contributed by atoms with Gasteiger partial charge in [-0.1, -0.05) is 18.2 Å². The Morgan fingerprint density at radius 1 is 1.09 bits per heavy atom. The summed E-state index contributed by atoms with van der Waals surface area (Å²) < 4.78 is 5.70. The maximum atomic E-state index is 13.4. The van der Waals surface area contributed by atoms with Gasteiger partial charge in [0, 0.05) is 48.2 Å². The Hall–Kier alpha value is -4.47. The highest BCUT2D eigenvalue weighted by atomic mass is 16.4. The predicted molar refractivity (Wildman–Crippen MR) is 112 cm³/mol. The molecule has 0 aliphatic carbocycles. The summed E-state index contributed by atoms with van der Waals surface area (Å²) in [6.07, 6.45) is 7.25. The SMILES string of the molecule is O=C(c1nnc(-c2ccncc2)o1)N1CCc2[nH]cnc2[C@H]1c1ncc2ccccc2n1. The molecule has 1 N–H and O–H groups in total. The first-order valence-electron chi connectivity index (χ1n) is 10.1. The number of hydrogen-bond acceptors (Lipinski definition) is 8. The quantitative estimate of drug-likeness (QED) is 0.468. The molecule has 32 heavy (non-hydrogen) atoms. The molecule has 0 fully saturated rings. The number of amides is 1. The fraction of sp³-hybridized carbons (Fsp3) is 0.136. The van der Waals surface area contributed by atoms with E-state index in [1.54, 1.807) is 42.0 Å². The van der Waals surface area contributed by atoms with Crippen LogP contribution in [-0.4, -0.2) is 52.5 Å². The topological polar surface area (TPSA) is 127 Å². The molecule has 5 heterocycles. The maximum Gasteiger partial charge on any atom is 0.312 e. The molecular formula is C22H16N8O2. The van der Waals surface area contributed by atoms with E-state index in [1.165, 1.54) is 0 Å². The number of aromatic nitrogens is 7. The zero-order chi connectivity index (χ0) is 21.5. The van der Waals surface area contributed by atoms with Crippen molar-refractivity contribution in [1.29, 1.82) is 0 Å². The van der Waals surface area contributed by atoms with Crippen molar-refractivity contribution in [1.82, 2.24) is 40.0 Å². The van der Waals surface area contributed by atoms with Gasteiger partial charge in [-0.2, -0.15) is 0 Å². The molecule has 0 unspecified atom stereocenters. The second-order valence-corrected chi connectivity index (χ2v) is 7.35. The monoisotopic (exact) mass is 424 g/mol. The first kappa shape index (κ1) is 18.3. The van der Waals surface area contributed by atoms with Crippen LogP contribution in [0.3, 0.4) is 0 Å². The molecule has 156 valence electrons. The molecule has 0 bridgehead atoms. The predicted octanol–water partition coefficient (Wildman–Crippen LogP) is 2.59. The van der Waals surface area contributed by atoms with Crippen LogP contribution >= 0.6 is 0 Å². The summed E-state index contributed by atoms with van der Waals surface area (Å²) >= 11 is 0. The van der Waals surface area contributed by atoms with Gasteiger partial charge in [0.25, 0.3) is 0 Å². The third-order valence-corrected chi connectivity index (χ3v) is 5.47. The third kappa shape index (κ3) is 3.00. The van der Waals surface area contributed by atoms with Crippen molar-refractivity contribution in [3.63, 3.8) is 0 Å². The van der Waals surface area contributed by atoms with Gasteiger partial charge in [0.1, 0.15) is 6.04 Å². The first-order chi connectivity index (χ1) is 15.8. The Kier molecular flexibility index (Phi) is 4.20. The Balaban J connectivity index is 1.40. The van der Waals surface area contributed by atoms with E-state index >= 15 is 0 Å². The largest absolute Gasteiger partial charge is 0.412 e. The molecule has 0 saturated heterocycles. The molecule has 5 aromatic rings. The number of H-pyrrole nitrogens is 1. The van der Waals surface area contributed by atoms with Crippen molar-refractivity contribution in [3.05, 3.63) is 84.4 Å². The smallest absolute Gasteiger partial charge is 0.312 e. The lowest BCUT2D eigenvalue weighted by molar-refractivity contribution is 0.0643. The van der Waals surface area contributed by atoms with Crippen molar-refractivity contribution in [2.24, 2.45) is 0 Å². The van der Waals surface area contributed by atoms with E-state index < -0.39 is 11.9 Å². The summed E-state index contributed by atoms with van der Waals surface area (Å²) in [6, 6.07) is 10.6. The van der Waals surface area contributed by atoms with Gasteiger partial charge >= 0.3 is 11.8 Å². The molecule has 1 aliphatic rings. The van der Waals surface area contributed by atoms with Crippen molar-refractivity contribution in [2.75, 3.05) is 6.54 Å². The Morgan fingerprint density at radius 3 is 2.88 bits per heavy atom. The normalized spacial score (nSPS) is 15.6. The van der Waals surface area contributed by atoms with Gasteiger partial charge < -0.3 is 14.3 Å². The van der Waals surface area contributed by atoms with Crippen LogP contribution in [0.25, 0.3) is 22.4 Å². The van der Waals surface area contributed by atoms with Crippen LogP contribution in [0.4, 0.5) is 0 Å². The summed E-state index contributed by atoms with van der Waals surface area (Å²) in [6.45, 7) is 0.432. The van der Waals surface area contributed by atoms with E-state index in [0.717, 1.165) is 16.6 Å². The first-order valence-corrected chi connectivity index (χ1v) is 10.1. The standard InChI is InChI=1S/C22H16N8O2/c31-22(21-29-28-20(32-21)13-5-8-23-9-6-13)30-10-7-16-17(26-12-25-16)18(30)19-24-11-14-3-1-2-4-15(14)27-19/h1-6,8-9,11-12,18H,7,10H2,(H,25,26)/t18-/m0/s1. The van der Waals surface area contributed by atoms with Crippen molar-refractivity contribution >= 4 is 16.8 Å². The van der Waals surface area contributed by atoms with Crippen LogP contribution in [0, 0.1) is 0 Å². The van der Waals surface area contributed by atoms with Gasteiger partial charge in [-0.3, -0.25) is 9.78 Å². The number of nitrogens with zero attached hydrogens (tertiary/aromatic N) is 7. The number of para-hydroxylation sites is 1. The molecule has 1 aliphatic heterocycles. The van der Waals surface area contributed by atoms with Crippen LogP contribution in [0.5, 0.6) is 0 Å². The molecule has 1 amide bonds. The van der Waals surface area contributed by atoms with Gasteiger partial charge in [-0.25, -0.2) is 15.0 Å². The lowest BCUT2D eigenvalue weighted by atomic mass is 10.0. The highest BCUT2D eigenvalue weighted by molar-refractivity contribution is 5.90. The van der Waals surface area contributed by atoms with Gasteiger partial charge in [0.05, 0.1) is 17.5 Å². The summed E-state index contributed by atoms with van der Waals surface area (Å²) in [5.41, 5.74) is 3.16. The van der Waals surface area contributed by atoms with Crippen molar-refractivity contribution in [2.45, 2.75) is 12.5 Å². The highest BCUT2D eigenvalue weighted by Crippen LogP contribution is 2.33. The molecular weight excluding hydrogens is 408 g/mol. The minimum absolute atomic E-state index is 0.0958. The highest BCUT2D eigenvalue weighted by Gasteiger charge is 2.38. The molecule has 0 saturated carbocycles. The fourth-order valence-corrected chi connectivity index (χ4v) is 3.92. The summed E-state index contributed by atoms with van der Waals surface area (Å²) in [4.78, 5) is 36.0. The minimum atomic E-state index is -0.571. The molecule has 4 aromatic heterocycles. The average Bonchev–Trinajstić information content (AvgIpc) is 3.53. The molecule has 6 rings (SSSR count). The zero-order valence-corrected chi connectivity index (χ0v) is 16.7. The van der Waals surface area contributed by atoms with Crippen molar-refractivity contribution < 1.29 is 9.21 Å². The lowest BCUT2D eigenvalue weighted by Crippen LogP contribution is -2.41. The Bertz CT molecular complexity index is 1430. The Morgan fingerprint density at radius 2 is 1.97 bits per heavy atom. The van der Waals surface area contributed by atoms with Crippen LogP contribution in [0.15, 0.2) is 65.7 Å². The van der Waals surface area contributed by atoms with Crippen LogP contribution < -0.4 is 0 Å². The Labute approximate surface area is 181 Å². The number of pyridine rings is 1. The summed E-state index contributed by atoms with van der Waals surface area (Å²) in [7, 11) is 0. The molecule has 0 spiro atoms. The van der Waals surface area contributed by atoms with E-state index in [2.05, 4.69) is 30.1 Å². The fourth-order valence-electron chi connectivity index (χ4n) is 3.92. The number of benzene rings is 1. The minimum Gasteiger partial charge on any atom is -0.412 e. The van der Waals surface area contributed by atoms with Gasteiger partial charge in [-0.05, 0) is 18.2 Å². The number of fused-ring (bicyclic) bond motifs is 2. The number of aromatic amines is 1. The molecule has 1 atom stereocenters. The van der Waals surface area contributed by atoms with Crippen LogP contribution in [0.2, 0.25) is 0 Å². The summed E-state index contributed by atoms with van der Waals surface area (Å²) in [5, 5.41) is 8.94. The van der Waals surface area contributed by atoms with Crippen LogP contribution in [0.1, 0.15) is 33.9 Å². The average molecular weight is 424 g/mol. The lowest BCUT2D eigenvalue weighted by Gasteiger charge is -2.32. The van der Waals surface area contributed by atoms with E-state index in [-0.39, 0.29) is 11.8 Å². The third-order valence-electron chi connectivity index (χ3n) is 5.47. The molecule has 0 radical (unpaired) electrons. The number of hydrogen-bond donors (Lipinski definition) is 1. The molecule has 1 aromatic carbocycles. The van der Waals surface area contributed by atoms with E-state index in [0.29, 0.717) is 30.0 Å². The second kappa shape index (κ2) is 7.34. The van der Waals surface area contributed by atoms with Gasteiger partial charge in [0.15, 0.2) is 5.82 Å². The zero-order valence-electron chi connectivity index (χ0n) is 16.7. The number of rotatable bonds is 3. The number of carbonyl (C=O) groups excluding carboxylic acids is 1. The van der Waals surface area contributed by atoms with Crippen LogP contribution in [-0.2, 0) is 6.42 Å². The maximum absolute atomic E-state index is 13.4. The van der Waals surface area contributed by atoms with Gasteiger partial charge in [0.2, 0.25) is 5.89 Å².